The zero-order valence-corrected chi connectivity index (χ0v) is 10.1. The summed E-state index contributed by atoms with van der Waals surface area (Å²) in [6.45, 7) is 8.31. The molecular formula is C13H20N2. The summed E-state index contributed by atoms with van der Waals surface area (Å²) in [5, 5.41) is 0. The minimum atomic E-state index is 1.03. The molecule has 15 heavy (non-hydrogen) atoms. The van der Waals surface area contributed by atoms with Gasteiger partial charge in [-0.15, -0.1) is 0 Å². The van der Waals surface area contributed by atoms with Gasteiger partial charge < -0.3 is 4.40 Å². The highest BCUT2D eigenvalue weighted by atomic mass is 15.0. The molecule has 0 aliphatic rings. The van der Waals surface area contributed by atoms with Gasteiger partial charge in [-0.05, 0) is 30.5 Å². The number of hydrogen-bond acceptors (Lipinski definition) is 1. The molecule has 82 valence electrons. The van der Waals surface area contributed by atoms with Crippen molar-refractivity contribution < 1.29 is 0 Å². The topological polar surface area (TPSA) is 17.3 Å². The molecule has 2 aromatic rings. The second-order valence-electron chi connectivity index (χ2n) is 3.22. The Hall–Kier alpha value is -1.31. The SMILES string of the molecule is CC.CCc1ccn2c(CC)cnc2c1. The maximum Gasteiger partial charge on any atom is 0.137 e. The molecular weight excluding hydrogens is 184 g/mol. The molecule has 0 saturated carbocycles. The van der Waals surface area contributed by atoms with Crippen LogP contribution in [0.1, 0.15) is 39.0 Å². The van der Waals surface area contributed by atoms with Crippen molar-refractivity contribution in [3.05, 3.63) is 35.8 Å². The van der Waals surface area contributed by atoms with Gasteiger partial charge in [0.2, 0.25) is 0 Å². The van der Waals surface area contributed by atoms with Gasteiger partial charge in [0.15, 0.2) is 0 Å². The largest absolute Gasteiger partial charge is 0.304 e. The van der Waals surface area contributed by atoms with E-state index in [0.717, 1.165) is 18.5 Å². The van der Waals surface area contributed by atoms with Gasteiger partial charge in [-0.25, -0.2) is 4.98 Å². The van der Waals surface area contributed by atoms with E-state index in [4.69, 9.17) is 0 Å². The predicted molar refractivity (Wildman–Crippen MR) is 65.3 cm³/mol. The van der Waals surface area contributed by atoms with E-state index in [2.05, 4.69) is 41.6 Å². The number of aryl methyl sites for hydroxylation is 2. The fourth-order valence-corrected chi connectivity index (χ4v) is 1.56. The van der Waals surface area contributed by atoms with Crippen molar-refractivity contribution >= 4 is 5.65 Å². The zero-order valence-electron chi connectivity index (χ0n) is 10.1. The van der Waals surface area contributed by atoms with Gasteiger partial charge >= 0.3 is 0 Å². The summed E-state index contributed by atoms with van der Waals surface area (Å²) >= 11 is 0. The van der Waals surface area contributed by atoms with E-state index in [1.54, 1.807) is 0 Å². The lowest BCUT2D eigenvalue weighted by molar-refractivity contribution is 0.986. The molecule has 0 bridgehead atoms. The first-order valence-electron chi connectivity index (χ1n) is 5.80. The standard InChI is InChI=1S/C11H14N2.C2H6/c1-3-9-5-6-13-10(4-2)8-12-11(13)7-9;1-2/h5-8H,3-4H2,1-2H3;1-2H3. The Labute approximate surface area is 92.0 Å². The maximum absolute atomic E-state index is 4.36. The van der Waals surface area contributed by atoms with Crippen LogP contribution in [0.15, 0.2) is 24.5 Å². The number of pyridine rings is 1. The van der Waals surface area contributed by atoms with Crippen molar-refractivity contribution in [3.8, 4) is 0 Å². The lowest BCUT2D eigenvalue weighted by Gasteiger charge is -2.00. The van der Waals surface area contributed by atoms with Crippen molar-refractivity contribution in [2.45, 2.75) is 40.5 Å². The molecule has 2 heteroatoms. The molecule has 0 amide bonds. The fourth-order valence-electron chi connectivity index (χ4n) is 1.56. The van der Waals surface area contributed by atoms with E-state index >= 15 is 0 Å². The van der Waals surface area contributed by atoms with E-state index < -0.39 is 0 Å². The van der Waals surface area contributed by atoms with Gasteiger partial charge in [0.05, 0.1) is 0 Å². The van der Waals surface area contributed by atoms with Gasteiger partial charge in [0.1, 0.15) is 5.65 Å². The van der Waals surface area contributed by atoms with Gasteiger partial charge in [0, 0.05) is 18.1 Å². The Morgan fingerprint density at radius 2 is 1.93 bits per heavy atom. The molecule has 2 aromatic heterocycles. The van der Waals surface area contributed by atoms with Crippen LogP contribution >= 0.6 is 0 Å². The van der Waals surface area contributed by atoms with Crippen molar-refractivity contribution in [2.75, 3.05) is 0 Å². The summed E-state index contributed by atoms with van der Waals surface area (Å²) in [6.07, 6.45) is 6.17. The quantitative estimate of drug-likeness (QED) is 0.732. The monoisotopic (exact) mass is 204 g/mol. The Morgan fingerprint density at radius 1 is 1.20 bits per heavy atom. The van der Waals surface area contributed by atoms with Crippen LogP contribution in [0.4, 0.5) is 0 Å². The minimum absolute atomic E-state index is 1.03. The molecule has 0 fully saturated rings. The highest BCUT2D eigenvalue weighted by molar-refractivity contribution is 5.43. The summed E-state index contributed by atoms with van der Waals surface area (Å²) in [7, 11) is 0. The lowest BCUT2D eigenvalue weighted by Crippen LogP contribution is -1.91. The van der Waals surface area contributed by atoms with E-state index in [-0.39, 0.29) is 0 Å². The minimum Gasteiger partial charge on any atom is -0.304 e. The molecule has 0 aliphatic heterocycles. The number of fused-ring (bicyclic) bond motifs is 1. The van der Waals surface area contributed by atoms with E-state index in [1.165, 1.54) is 11.3 Å². The number of hydrogen-bond donors (Lipinski definition) is 0. The second kappa shape index (κ2) is 5.54. The summed E-state index contributed by atoms with van der Waals surface area (Å²) in [5.74, 6) is 0. The van der Waals surface area contributed by atoms with Crippen molar-refractivity contribution in [2.24, 2.45) is 0 Å². The maximum atomic E-state index is 4.36. The first kappa shape index (κ1) is 11.8. The van der Waals surface area contributed by atoms with Gasteiger partial charge in [-0.1, -0.05) is 27.7 Å². The molecule has 0 aliphatic carbocycles. The normalized spacial score (nSPS) is 9.87. The Morgan fingerprint density at radius 3 is 2.53 bits per heavy atom. The fraction of sp³-hybridized carbons (Fsp3) is 0.462. The van der Waals surface area contributed by atoms with Crippen molar-refractivity contribution in [1.82, 2.24) is 9.38 Å². The Balaban J connectivity index is 0.000000531. The molecule has 2 heterocycles. The molecule has 2 rings (SSSR count). The highest BCUT2D eigenvalue weighted by Crippen LogP contribution is 2.10. The number of aromatic nitrogens is 2. The molecule has 0 unspecified atom stereocenters. The van der Waals surface area contributed by atoms with E-state index in [9.17, 15) is 0 Å². The summed E-state index contributed by atoms with van der Waals surface area (Å²) in [5.41, 5.74) is 3.69. The first-order chi connectivity index (χ1) is 7.35. The van der Waals surface area contributed by atoms with Crippen LogP contribution in [0, 0.1) is 0 Å². The highest BCUT2D eigenvalue weighted by Gasteiger charge is 2.00. The third kappa shape index (κ3) is 2.38. The lowest BCUT2D eigenvalue weighted by atomic mass is 10.2. The van der Waals surface area contributed by atoms with Crippen LogP contribution in [-0.2, 0) is 12.8 Å². The van der Waals surface area contributed by atoms with Crippen LogP contribution in [0.25, 0.3) is 5.65 Å². The third-order valence-electron chi connectivity index (χ3n) is 2.42. The van der Waals surface area contributed by atoms with Gasteiger partial charge in [0.25, 0.3) is 0 Å². The summed E-state index contributed by atoms with van der Waals surface area (Å²) in [4.78, 5) is 4.36. The first-order valence-corrected chi connectivity index (χ1v) is 5.80. The molecule has 0 N–H and O–H groups in total. The van der Waals surface area contributed by atoms with Crippen LogP contribution in [0.5, 0.6) is 0 Å². The van der Waals surface area contributed by atoms with Crippen molar-refractivity contribution in [3.63, 3.8) is 0 Å². The average molecular weight is 204 g/mol. The van der Waals surface area contributed by atoms with Gasteiger partial charge in [-0.3, -0.25) is 0 Å². The smallest absolute Gasteiger partial charge is 0.137 e. The summed E-state index contributed by atoms with van der Waals surface area (Å²) < 4.78 is 2.15. The van der Waals surface area contributed by atoms with Gasteiger partial charge in [-0.2, -0.15) is 0 Å². The van der Waals surface area contributed by atoms with Crippen LogP contribution in [-0.4, -0.2) is 9.38 Å². The summed E-state index contributed by atoms with van der Waals surface area (Å²) in [6, 6.07) is 4.31. The van der Waals surface area contributed by atoms with E-state index in [1.807, 2.05) is 20.0 Å². The predicted octanol–water partition coefficient (Wildman–Crippen LogP) is 3.49. The molecule has 2 nitrogen and oxygen atoms in total. The molecule has 0 atom stereocenters. The van der Waals surface area contributed by atoms with Crippen LogP contribution in [0.2, 0.25) is 0 Å². The number of rotatable bonds is 2. The zero-order chi connectivity index (χ0) is 11.3. The average Bonchev–Trinajstić information content (AvgIpc) is 2.73. The molecule has 0 radical (unpaired) electrons. The second-order valence-corrected chi connectivity index (χ2v) is 3.22. The number of imidazole rings is 1. The molecule has 0 aromatic carbocycles. The Bertz CT molecular complexity index is 415. The van der Waals surface area contributed by atoms with Crippen LogP contribution in [0.3, 0.4) is 0 Å². The number of nitrogens with zero attached hydrogens (tertiary/aromatic N) is 2. The van der Waals surface area contributed by atoms with E-state index in [0.29, 0.717) is 0 Å². The van der Waals surface area contributed by atoms with Crippen molar-refractivity contribution in [1.29, 1.82) is 0 Å². The van der Waals surface area contributed by atoms with Crippen LogP contribution < -0.4 is 0 Å². The molecule has 0 spiro atoms. The molecule has 0 saturated heterocycles. The third-order valence-corrected chi connectivity index (χ3v) is 2.42. The Kier molecular flexibility index (Phi) is 4.35.